The molecule has 0 radical (unpaired) electrons. The van der Waals surface area contributed by atoms with E-state index >= 15 is 0 Å². The summed E-state index contributed by atoms with van der Waals surface area (Å²) in [5.74, 6) is -3.67. The molecular formula is C14H19F2N3O2. The van der Waals surface area contributed by atoms with Gasteiger partial charge >= 0.3 is 0 Å². The van der Waals surface area contributed by atoms with Crippen molar-refractivity contribution < 1.29 is 18.4 Å². The van der Waals surface area contributed by atoms with E-state index in [9.17, 15) is 18.4 Å². The van der Waals surface area contributed by atoms with Gasteiger partial charge in [0.15, 0.2) is 5.82 Å². The highest BCUT2D eigenvalue weighted by Gasteiger charge is 2.23. The zero-order valence-corrected chi connectivity index (χ0v) is 12.2. The van der Waals surface area contributed by atoms with Crippen molar-refractivity contribution in [3.8, 4) is 0 Å². The quantitative estimate of drug-likeness (QED) is 0.780. The molecule has 1 N–H and O–H groups in total. The molecule has 1 aromatic rings. The molecule has 0 aliphatic rings. The highest BCUT2D eigenvalue weighted by atomic mass is 19.2. The van der Waals surface area contributed by atoms with Crippen LogP contribution in [0, 0.1) is 11.8 Å². The topological polar surface area (TPSA) is 62.3 Å². The van der Waals surface area contributed by atoms with Crippen LogP contribution in [-0.4, -0.2) is 41.3 Å². The highest BCUT2D eigenvalue weighted by Crippen LogP contribution is 2.12. The van der Waals surface area contributed by atoms with Crippen molar-refractivity contribution >= 4 is 11.8 Å². The van der Waals surface area contributed by atoms with Crippen molar-refractivity contribution in [1.82, 2.24) is 15.2 Å². The lowest BCUT2D eigenvalue weighted by Gasteiger charge is -2.21. The fourth-order valence-corrected chi connectivity index (χ4v) is 1.77. The van der Waals surface area contributed by atoms with E-state index in [4.69, 9.17) is 0 Å². The Morgan fingerprint density at radius 1 is 1.29 bits per heavy atom. The molecule has 5 nitrogen and oxygen atoms in total. The Balaban J connectivity index is 2.86. The molecule has 1 rings (SSSR count). The average Bonchev–Trinajstić information content (AvgIpc) is 2.47. The average molecular weight is 299 g/mol. The Morgan fingerprint density at radius 2 is 2.00 bits per heavy atom. The third-order valence-corrected chi connectivity index (χ3v) is 2.76. The van der Waals surface area contributed by atoms with Crippen LogP contribution in [0.1, 0.15) is 37.0 Å². The summed E-state index contributed by atoms with van der Waals surface area (Å²) >= 11 is 0. The van der Waals surface area contributed by atoms with E-state index in [1.807, 2.05) is 13.8 Å². The summed E-state index contributed by atoms with van der Waals surface area (Å²) in [6, 6.07) is 1.10. The third kappa shape index (κ3) is 4.77. The van der Waals surface area contributed by atoms with Gasteiger partial charge < -0.3 is 10.2 Å². The Hall–Kier alpha value is -2.05. The number of rotatable bonds is 7. The summed E-state index contributed by atoms with van der Waals surface area (Å²) in [6.45, 7) is 4.33. The van der Waals surface area contributed by atoms with Crippen LogP contribution in [0.2, 0.25) is 0 Å². The molecule has 0 saturated heterocycles. The lowest BCUT2D eigenvalue weighted by Crippen LogP contribution is -2.41. The van der Waals surface area contributed by atoms with E-state index in [1.165, 1.54) is 4.90 Å². The second-order valence-electron chi connectivity index (χ2n) is 4.54. The molecule has 0 aliphatic carbocycles. The maximum atomic E-state index is 13.6. The Bertz CT molecular complexity index is 509. The number of carbonyl (C=O) groups is 2. The number of hydrogen-bond acceptors (Lipinski definition) is 3. The molecule has 0 unspecified atom stereocenters. The number of amides is 2. The second kappa shape index (κ2) is 8.28. The summed E-state index contributed by atoms with van der Waals surface area (Å²) in [5.41, 5.74) is -0.417. The van der Waals surface area contributed by atoms with Crippen LogP contribution in [0.15, 0.2) is 12.3 Å². The van der Waals surface area contributed by atoms with Gasteiger partial charge in [0.25, 0.3) is 5.91 Å². The number of aromatic nitrogens is 1. The summed E-state index contributed by atoms with van der Waals surface area (Å²) in [7, 11) is 0. The first-order valence-corrected chi connectivity index (χ1v) is 6.87. The van der Waals surface area contributed by atoms with Crippen LogP contribution in [0.3, 0.4) is 0 Å². The molecule has 2 amide bonds. The van der Waals surface area contributed by atoms with Crippen LogP contribution >= 0.6 is 0 Å². The molecule has 0 spiro atoms. The molecule has 0 aliphatic heterocycles. The van der Waals surface area contributed by atoms with Gasteiger partial charge in [-0.15, -0.1) is 0 Å². The van der Waals surface area contributed by atoms with E-state index in [1.54, 1.807) is 0 Å². The summed E-state index contributed by atoms with van der Waals surface area (Å²) in [6.07, 6.45) is 2.40. The molecule has 0 bridgehead atoms. The normalized spacial score (nSPS) is 10.3. The number of pyridine rings is 1. The van der Waals surface area contributed by atoms with Gasteiger partial charge in [-0.1, -0.05) is 13.8 Å². The fraction of sp³-hybridized carbons (Fsp3) is 0.500. The zero-order chi connectivity index (χ0) is 15.8. The van der Waals surface area contributed by atoms with Gasteiger partial charge in [0.05, 0.1) is 12.1 Å². The molecule has 0 fully saturated rings. The molecule has 0 aromatic carbocycles. The first-order chi connectivity index (χ1) is 10.0. The Kier molecular flexibility index (Phi) is 6.71. The van der Waals surface area contributed by atoms with Gasteiger partial charge in [-0.2, -0.15) is 4.39 Å². The van der Waals surface area contributed by atoms with Gasteiger partial charge in [0, 0.05) is 19.3 Å². The molecule has 21 heavy (non-hydrogen) atoms. The monoisotopic (exact) mass is 299 g/mol. The van der Waals surface area contributed by atoms with Gasteiger partial charge in [0.1, 0.15) is 0 Å². The molecule has 1 aromatic heterocycles. The third-order valence-electron chi connectivity index (χ3n) is 2.76. The molecular weight excluding hydrogens is 280 g/mol. The van der Waals surface area contributed by atoms with Crippen molar-refractivity contribution in [3.05, 3.63) is 29.6 Å². The van der Waals surface area contributed by atoms with Crippen LogP contribution in [0.4, 0.5) is 8.78 Å². The molecule has 0 saturated carbocycles. The summed E-state index contributed by atoms with van der Waals surface area (Å²) in [4.78, 5) is 28.3. The Labute approximate surface area is 122 Å². The Morgan fingerprint density at radius 3 is 2.62 bits per heavy atom. The van der Waals surface area contributed by atoms with E-state index < -0.39 is 23.2 Å². The van der Waals surface area contributed by atoms with E-state index in [2.05, 4.69) is 10.3 Å². The van der Waals surface area contributed by atoms with E-state index in [0.717, 1.165) is 18.7 Å². The molecule has 116 valence electrons. The first kappa shape index (κ1) is 17.0. The molecule has 7 heteroatoms. The largest absolute Gasteiger partial charge is 0.355 e. The minimum absolute atomic E-state index is 0.184. The molecule has 1 heterocycles. The van der Waals surface area contributed by atoms with Crippen LogP contribution < -0.4 is 5.32 Å². The minimum Gasteiger partial charge on any atom is -0.355 e. The SMILES string of the molecule is CCCNC(=O)CN(CCC)C(=O)c1ccnc(F)c1F. The fourth-order valence-electron chi connectivity index (χ4n) is 1.77. The van der Waals surface area contributed by atoms with Crippen molar-refractivity contribution in [3.63, 3.8) is 0 Å². The molecule has 0 atom stereocenters. The zero-order valence-electron chi connectivity index (χ0n) is 12.2. The number of nitrogens with zero attached hydrogens (tertiary/aromatic N) is 2. The maximum absolute atomic E-state index is 13.6. The van der Waals surface area contributed by atoms with E-state index in [0.29, 0.717) is 13.0 Å². The second-order valence-corrected chi connectivity index (χ2v) is 4.54. The first-order valence-electron chi connectivity index (χ1n) is 6.87. The van der Waals surface area contributed by atoms with Crippen LogP contribution in [0.25, 0.3) is 0 Å². The lowest BCUT2D eigenvalue weighted by atomic mass is 10.2. The summed E-state index contributed by atoms with van der Waals surface area (Å²) < 4.78 is 26.7. The van der Waals surface area contributed by atoms with E-state index in [-0.39, 0.29) is 19.0 Å². The standard InChI is InChI=1S/C14H19F2N3O2/c1-3-6-17-11(20)9-19(8-4-2)14(21)10-5-7-18-13(16)12(10)15/h5,7H,3-4,6,8-9H2,1-2H3,(H,17,20). The van der Waals surface area contributed by atoms with Crippen molar-refractivity contribution in [2.45, 2.75) is 26.7 Å². The summed E-state index contributed by atoms with van der Waals surface area (Å²) in [5, 5.41) is 2.64. The predicted octanol–water partition coefficient (Wildman–Crippen LogP) is 1.74. The smallest absolute Gasteiger partial charge is 0.257 e. The van der Waals surface area contributed by atoms with Crippen LogP contribution in [-0.2, 0) is 4.79 Å². The highest BCUT2D eigenvalue weighted by molar-refractivity contribution is 5.96. The van der Waals surface area contributed by atoms with Crippen molar-refractivity contribution in [1.29, 1.82) is 0 Å². The maximum Gasteiger partial charge on any atom is 0.257 e. The number of nitrogens with one attached hydrogen (secondary N) is 1. The number of halogens is 2. The predicted molar refractivity (Wildman–Crippen MR) is 73.6 cm³/mol. The van der Waals surface area contributed by atoms with Crippen molar-refractivity contribution in [2.75, 3.05) is 19.6 Å². The number of carbonyl (C=O) groups excluding carboxylic acids is 2. The van der Waals surface area contributed by atoms with Crippen molar-refractivity contribution in [2.24, 2.45) is 0 Å². The van der Waals surface area contributed by atoms with Crippen LogP contribution in [0.5, 0.6) is 0 Å². The van der Waals surface area contributed by atoms with Gasteiger partial charge in [-0.25, -0.2) is 9.37 Å². The lowest BCUT2D eigenvalue weighted by molar-refractivity contribution is -0.121. The van der Waals surface area contributed by atoms with Gasteiger partial charge in [0.2, 0.25) is 11.9 Å². The van der Waals surface area contributed by atoms with Gasteiger partial charge in [-0.05, 0) is 18.9 Å². The number of hydrogen-bond donors (Lipinski definition) is 1. The minimum atomic E-state index is -1.33. The van der Waals surface area contributed by atoms with Gasteiger partial charge in [-0.3, -0.25) is 9.59 Å².